The van der Waals surface area contributed by atoms with Crippen molar-refractivity contribution in [3.05, 3.63) is 29.3 Å². The number of carbonyl (C=O) groups excluding carboxylic acids is 1. The van der Waals surface area contributed by atoms with Crippen molar-refractivity contribution in [1.82, 2.24) is 10.6 Å². The van der Waals surface area contributed by atoms with Gasteiger partial charge < -0.3 is 20.5 Å². The lowest BCUT2D eigenvalue weighted by Crippen LogP contribution is -2.45. The second-order valence-electron chi connectivity index (χ2n) is 7.40. The fraction of sp³-hybridized carbons (Fsp3) is 0.600. The normalized spacial score (nSPS) is 25.0. The molecule has 1 aromatic rings. The topological polar surface area (TPSA) is 87.7 Å². The second kappa shape index (κ2) is 8.43. The summed E-state index contributed by atoms with van der Waals surface area (Å²) in [5, 5.41) is 15.0. The second-order valence-corrected chi connectivity index (χ2v) is 7.40. The van der Waals surface area contributed by atoms with Gasteiger partial charge in [0.05, 0.1) is 13.0 Å². The summed E-state index contributed by atoms with van der Waals surface area (Å²) in [4.78, 5) is 23.2. The summed E-state index contributed by atoms with van der Waals surface area (Å²) in [6.45, 7) is 0.621. The van der Waals surface area contributed by atoms with E-state index in [0.717, 1.165) is 37.9 Å². The minimum Gasteiger partial charge on any atom is -0.497 e. The van der Waals surface area contributed by atoms with Crippen molar-refractivity contribution in [2.75, 3.05) is 13.7 Å². The van der Waals surface area contributed by atoms with E-state index in [2.05, 4.69) is 22.8 Å². The zero-order valence-electron chi connectivity index (χ0n) is 15.3. The van der Waals surface area contributed by atoms with Gasteiger partial charge in [-0.05, 0) is 68.2 Å². The lowest BCUT2D eigenvalue weighted by molar-refractivity contribution is -0.142. The van der Waals surface area contributed by atoms with Gasteiger partial charge in [-0.3, -0.25) is 4.79 Å². The molecule has 0 aromatic heterocycles. The highest BCUT2D eigenvalue weighted by Gasteiger charge is 2.27. The van der Waals surface area contributed by atoms with Gasteiger partial charge in [0.1, 0.15) is 5.75 Å². The lowest BCUT2D eigenvalue weighted by atomic mass is 9.82. The molecule has 1 aromatic carbocycles. The van der Waals surface area contributed by atoms with Crippen LogP contribution in [0.1, 0.15) is 55.6 Å². The van der Waals surface area contributed by atoms with E-state index in [1.807, 2.05) is 6.07 Å². The quantitative estimate of drug-likeness (QED) is 0.753. The van der Waals surface area contributed by atoms with Gasteiger partial charge in [0, 0.05) is 18.5 Å². The standard InChI is InChI=1S/C20H28N2O4/c1-26-17-9-10-18-14(11-17)3-2-4-15(18)12-21-20(25)22-16-7-5-13(6-8-16)19(23)24/h9-11,13,15-16H,2-8,12H2,1H3,(H,23,24)(H2,21,22,25). The number of methoxy groups -OCH3 is 1. The highest BCUT2D eigenvalue weighted by Crippen LogP contribution is 2.33. The maximum Gasteiger partial charge on any atom is 0.315 e. The molecule has 142 valence electrons. The Bertz CT molecular complexity index is 653. The number of carboxylic acid groups (broad SMARTS) is 1. The Morgan fingerprint density at radius 1 is 1.19 bits per heavy atom. The van der Waals surface area contributed by atoms with Crippen molar-refractivity contribution in [3.8, 4) is 5.75 Å². The molecule has 2 amide bonds. The van der Waals surface area contributed by atoms with Gasteiger partial charge in [-0.25, -0.2) is 4.79 Å². The first-order valence-corrected chi connectivity index (χ1v) is 9.50. The number of hydrogen-bond acceptors (Lipinski definition) is 3. The number of rotatable bonds is 5. The molecule has 0 saturated heterocycles. The van der Waals surface area contributed by atoms with Crippen LogP contribution in [-0.2, 0) is 11.2 Å². The van der Waals surface area contributed by atoms with Crippen LogP contribution in [0.25, 0.3) is 0 Å². The third kappa shape index (κ3) is 4.48. The van der Waals surface area contributed by atoms with Gasteiger partial charge in [-0.2, -0.15) is 0 Å². The number of benzene rings is 1. The van der Waals surface area contributed by atoms with Crippen molar-refractivity contribution >= 4 is 12.0 Å². The van der Waals surface area contributed by atoms with E-state index in [1.165, 1.54) is 11.1 Å². The van der Waals surface area contributed by atoms with E-state index in [1.54, 1.807) is 7.11 Å². The molecule has 0 heterocycles. The number of fused-ring (bicyclic) bond motifs is 1. The van der Waals surface area contributed by atoms with Crippen molar-refractivity contribution in [1.29, 1.82) is 0 Å². The number of ether oxygens (including phenoxy) is 1. The molecular weight excluding hydrogens is 332 g/mol. The van der Waals surface area contributed by atoms with Gasteiger partial charge in [-0.1, -0.05) is 6.07 Å². The van der Waals surface area contributed by atoms with Crippen LogP contribution in [-0.4, -0.2) is 36.8 Å². The Hall–Kier alpha value is -2.24. The van der Waals surface area contributed by atoms with E-state index in [4.69, 9.17) is 9.84 Å². The summed E-state index contributed by atoms with van der Waals surface area (Å²) in [5.41, 5.74) is 2.62. The first kappa shape index (κ1) is 18.5. The van der Waals surface area contributed by atoms with Crippen molar-refractivity contribution < 1.29 is 19.4 Å². The smallest absolute Gasteiger partial charge is 0.315 e. The zero-order valence-corrected chi connectivity index (χ0v) is 15.3. The van der Waals surface area contributed by atoms with Crippen LogP contribution in [0.3, 0.4) is 0 Å². The highest BCUT2D eigenvalue weighted by molar-refractivity contribution is 5.74. The minimum atomic E-state index is -0.722. The number of amides is 2. The molecule has 1 saturated carbocycles. The average molecular weight is 360 g/mol. The van der Waals surface area contributed by atoms with Gasteiger partial charge in [-0.15, -0.1) is 0 Å². The molecule has 0 aliphatic heterocycles. The van der Waals surface area contributed by atoms with Crippen LogP contribution in [0, 0.1) is 5.92 Å². The van der Waals surface area contributed by atoms with Crippen LogP contribution in [0.5, 0.6) is 5.75 Å². The number of hydrogen-bond donors (Lipinski definition) is 3. The van der Waals surface area contributed by atoms with Crippen molar-refractivity contribution in [2.45, 2.75) is 56.9 Å². The Kier molecular flexibility index (Phi) is 6.01. The molecule has 6 heteroatoms. The summed E-state index contributed by atoms with van der Waals surface area (Å²) in [6, 6.07) is 6.13. The maximum absolute atomic E-state index is 12.2. The third-order valence-corrected chi connectivity index (χ3v) is 5.71. The number of carboxylic acids is 1. The van der Waals surface area contributed by atoms with Gasteiger partial charge in [0.15, 0.2) is 0 Å². The number of carbonyl (C=O) groups is 2. The summed E-state index contributed by atoms with van der Waals surface area (Å²) in [7, 11) is 1.68. The zero-order chi connectivity index (χ0) is 18.5. The van der Waals surface area contributed by atoms with Crippen LogP contribution in [0.2, 0.25) is 0 Å². The molecule has 0 bridgehead atoms. The molecule has 1 fully saturated rings. The van der Waals surface area contributed by atoms with Crippen LogP contribution < -0.4 is 15.4 Å². The molecule has 3 rings (SSSR count). The fourth-order valence-corrected chi connectivity index (χ4v) is 4.17. The molecule has 3 N–H and O–H groups in total. The van der Waals surface area contributed by atoms with Crippen LogP contribution in [0.4, 0.5) is 4.79 Å². The lowest BCUT2D eigenvalue weighted by Gasteiger charge is -2.28. The molecule has 2 aliphatic rings. The summed E-state index contributed by atoms with van der Waals surface area (Å²) in [5.74, 6) is 0.234. The monoisotopic (exact) mass is 360 g/mol. The van der Waals surface area contributed by atoms with E-state index < -0.39 is 5.97 Å². The summed E-state index contributed by atoms with van der Waals surface area (Å²) < 4.78 is 5.30. The van der Waals surface area contributed by atoms with Crippen LogP contribution >= 0.6 is 0 Å². The molecule has 2 aliphatic carbocycles. The van der Waals surface area contributed by atoms with Gasteiger partial charge in [0.25, 0.3) is 0 Å². The maximum atomic E-state index is 12.2. The molecule has 1 atom stereocenters. The van der Waals surface area contributed by atoms with E-state index >= 15 is 0 Å². The number of aryl methyl sites for hydroxylation is 1. The van der Waals surface area contributed by atoms with E-state index in [9.17, 15) is 9.59 Å². The third-order valence-electron chi connectivity index (χ3n) is 5.71. The number of aliphatic carboxylic acids is 1. The summed E-state index contributed by atoms with van der Waals surface area (Å²) in [6.07, 6.45) is 5.99. The molecule has 6 nitrogen and oxygen atoms in total. The van der Waals surface area contributed by atoms with Gasteiger partial charge in [0.2, 0.25) is 0 Å². The van der Waals surface area contributed by atoms with Crippen molar-refractivity contribution in [3.63, 3.8) is 0 Å². The number of nitrogens with one attached hydrogen (secondary N) is 2. The summed E-state index contributed by atoms with van der Waals surface area (Å²) >= 11 is 0. The highest BCUT2D eigenvalue weighted by atomic mass is 16.5. The first-order valence-electron chi connectivity index (χ1n) is 9.50. The Labute approximate surface area is 154 Å². The molecule has 0 radical (unpaired) electrons. The molecular formula is C20H28N2O4. The molecule has 26 heavy (non-hydrogen) atoms. The molecule has 1 unspecified atom stereocenters. The number of urea groups is 1. The fourth-order valence-electron chi connectivity index (χ4n) is 4.17. The van der Waals surface area contributed by atoms with Crippen LogP contribution in [0.15, 0.2) is 18.2 Å². The van der Waals surface area contributed by atoms with E-state index in [-0.39, 0.29) is 18.0 Å². The Morgan fingerprint density at radius 3 is 2.65 bits per heavy atom. The largest absolute Gasteiger partial charge is 0.497 e. The Balaban J connectivity index is 1.48. The predicted molar refractivity (Wildman–Crippen MR) is 98.6 cm³/mol. The predicted octanol–water partition coefficient (Wildman–Crippen LogP) is 3.06. The average Bonchev–Trinajstić information content (AvgIpc) is 2.66. The SMILES string of the molecule is COc1ccc2c(c1)CCCC2CNC(=O)NC1CCC(C(=O)O)CC1. The first-order chi connectivity index (χ1) is 12.6. The van der Waals surface area contributed by atoms with Gasteiger partial charge >= 0.3 is 12.0 Å². The van der Waals surface area contributed by atoms with E-state index in [0.29, 0.717) is 25.3 Å². The minimum absolute atomic E-state index is 0.0773. The van der Waals surface area contributed by atoms with Crippen molar-refractivity contribution in [2.24, 2.45) is 5.92 Å². The molecule has 0 spiro atoms. The Morgan fingerprint density at radius 2 is 1.96 bits per heavy atom.